The first-order chi connectivity index (χ1) is 12.4. The Morgan fingerprint density at radius 1 is 1.27 bits per heavy atom. The second kappa shape index (κ2) is 7.39. The first-order valence-corrected chi connectivity index (χ1v) is 9.10. The van der Waals surface area contributed by atoms with Gasteiger partial charge in [0.25, 0.3) is 11.7 Å². The van der Waals surface area contributed by atoms with Crippen LogP contribution in [0.25, 0.3) is 0 Å². The Hall–Kier alpha value is -2.51. The molecule has 0 radical (unpaired) electrons. The fourth-order valence-corrected chi connectivity index (χ4v) is 3.68. The summed E-state index contributed by atoms with van der Waals surface area (Å²) in [6, 6.07) is 7.57. The van der Waals surface area contributed by atoms with Gasteiger partial charge in [-0.05, 0) is 25.5 Å². The van der Waals surface area contributed by atoms with Crippen LogP contribution in [0.1, 0.15) is 32.2 Å². The van der Waals surface area contributed by atoms with Gasteiger partial charge in [0.15, 0.2) is 5.13 Å². The number of halogens is 1. The highest BCUT2D eigenvalue weighted by atomic mass is 35.5. The molecule has 0 aliphatic carbocycles. The second-order valence-corrected chi connectivity index (χ2v) is 7.37. The number of aromatic nitrogens is 3. The van der Waals surface area contributed by atoms with Gasteiger partial charge in [-0.3, -0.25) is 19.6 Å². The molecule has 1 amide bonds. The number of anilines is 1. The lowest BCUT2D eigenvalue weighted by molar-refractivity contribution is -0.112. The molecule has 0 bridgehead atoms. The Balaban J connectivity index is 1.72. The summed E-state index contributed by atoms with van der Waals surface area (Å²) in [5.74, 6) is -1.33. The molecule has 134 valence electrons. The summed E-state index contributed by atoms with van der Waals surface area (Å²) in [7, 11) is 1.73. The van der Waals surface area contributed by atoms with Crippen LogP contribution in [0.2, 0.25) is 5.02 Å². The average molecular weight is 389 g/mol. The number of amides is 1. The SMILES string of the molecule is Cc1nn(C)c(C)c1C(=O)C(=O)Nc1ncc(Cc2ccccc2Cl)s1. The minimum Gasteiger partial charge on any atom is -0.295 e. The molecule has 26 heavy (non-hydrogen) atoms. The van der Waals surface area contributed by atoms with Gasteiger partial charge in [-0.2, -0.15) is 5.10 Å². The van der Waals surface area contributed by atoms with Gasteiger partial charge in [-0.1, -0.05) is 29.8 Å². The minimum absolute atomic E-state index is 0.331. The highest BCUT2D eigenvalue weighted by molar-refractivity contribution is 7.15. The summed E-state index contributed by atoms with van der Waals surface area (Å²) in [5.41, 5.74) is 2.50. The number of aryl methyl sites for hydroxylation is 2. The number of benzene rings is 1. The number of carbonyl (C=O) groups is 2. The van der Waals surface area contributed by atoms with Crippen molar-refractivity contribution in [2.75, 3.05) is 5.32 Å². The zero-order valence-electron chi connectivity index (χ0n) is 14.5. The maximum absolute atomic E-state index is 12.4. The Kier molecular flexibility index (Phi) is 5.20. The molecule has 2 aromatic heterocycles. The van der Waals surface area contributed by atoms with E-state index in [4.69, 9.17) is 11.6 Å². The number of Topliss-reactive ketones (excluding diaryl/α,β-unsaturated/α-hetero) is 1. The zero-order valence-corrected chi connectivity index (χ0v) is 16.1. The van der Waals surface area contributed by atoms with Crippen LogP contribution in [-0.4, -0.2) is 26.5 Å². The largest absolute Gasteiger partial charge is 0.298 e. The number of ketones is 1. The molecule has 6 nitrogen and oxygen atoms in total. The van der Waals surface area contributed by atoms with Crippen molar-refractivity contribution in [1.29, 1.82) is 0 Å². The van der Waals surface area contributed by atoms with E-state index in [0.29, 0.717) is 33.5 Å². The van der Waals surface area contributed by atoms with Gasteiger partial charge >= 0.3 is 0 Å². The monoisotopic (exact) mass is 388 g/mol. The van der Waals surface area contributed by atoms with Crippen LogP contribution in [0.15, 0.2) is 30.5 Å². The van der Waals surface area contributed by atoms with Crippen LogP contribution in [0.5, 0.6) is 0 Å². The summed E-state index contributed by atoms with van der Waals surface area (Å²) in [6.45, 7) is 3.46. The molecule has 0 saturated heterocycles. The van der Waals surface area contributed by atoms with Crippen LogP contribution < -0.4 is 5.32 Å². The molecule has 0 aliphatic heterocycles. The Morgan fingerprint density at radius 2 is 2.00 bits per heavy atom. The molecular formula is C18H17ClN4O2S. The predicted molar refractivity (Wildman–Crippen MR) is 102 cm³/mol. The van der Waals surface area contributed by atoms with Crippen molar-refractivity contribution < 1.29 is 9.59 Å². The number of hydrogen-bond acceptors (Lipinski definition) is 5. The third-order valence-corrected chi connectivity index (χ3v) is 5.32. The van der Waals surface area contributed by atoms with E-state index in [2.05, 4.69) is 15.4 Å². The van der Waals surface area contributed by atoms with Gasteiger partial charge in [0.2, 0.25) is 0 Å². The fraction of sp³-hybridized carbons (Fsp3) is 0.222. The van der Waals surface area contributed by atoms with E-state index in [1.165, 1.54) is 11.3 Å². The van der Waals surface area contributed by atoms with Crippen LogP contribution >= 0.6 is 22.9 Å². The molecule has 0 aliphatic rings. The van der Waals surface area contributed by atoms with Gasteiger partial charge < -0.3 is 0 Å². The van der Waals surface area contributed by atoms with E-state index in [-0.39, 0.29) is 0 Å². The summed E-state index contributed by atoms with van der Waals surface area (Å²) in [6.07, 6.45) is 2.29. The van der Waals surface area contributed by atoms with Crippen LogP contribution in [0, 0.1) is 13.8 Å². The number of nitrogens with one attached hydrogen (secondary N) is 1. The zero-order chi connectivity index (χ0) is 18.8. The summed E-state index contributed by atoms with van der Waals surface area (Å²) in [5, 5.41) is 7.81. The molecule has 0 unspecified atom stereocenters. The highest BCUT2D eigenvalue weighted by Crippen LogP contribution is 2.25. The molecule has 2 heterocycles. The molecular weight excluding hydrogens is 372 g/mol. The Bertz CT molecular complexity index is 993. The molecule has 8 heteroatoms. The average Bonchev–Trinajstić information content (AvgIpc) is 3.13. The third-order valence-electron chi connectivity index (χ3n) is 4.04. The summed E-state index contributed by atoms with van der Waals surface area (Å²) < 4.78 is 1.58. The predicted octanol–water partition coefficient (Wildman–Crippen LogP) is 3.56. The van der Waals surface area contributed by atoms with Crippen LogP contribution in [-0.2, 0) is 18.3 Å². The highest BCUT2D eigenvalue weighted by Gasteiger charge is 2.24. The van der Waals surface area contributed by atoms with Crippen molar-refractivity contribution in [2.45, 2.75) is 20.3 Å². The first-order valence-electron chi connectivity index (χ1n) is 7.90. The molecule has 3 rings (SSSR count). The van der Waals surface area contributed by atoms with Gasteiger partial charge in [0.1, 0.15) is 0 Å². The van der Waals surface area contributed by atoms with Crippen molar-refractivity contribution in [1.82, 2.24) is 14.8 Å². The van der Waals surface area contributed by atoms with E-state index in [9.17, 15) is 9.59 Å². The van der Waals surface area contributed by atoms with Crippen LogP contribution in [0.4, 0.5) is 5.13 Å². The van der Waals surface area contributed by atoms with Crippen LogP contribution in [0.3, 0.4) is 0 Å². The summed E-state index contributed by atoms with van der Waals surface area (Å²) in [4.78, 5) is 29.9. The number of carbonyl (C=O) groups excluding carboxylic acids is 2. The first kappa shape index (κ1) is 18.3. The summed E-state index contributed by atoms with van der Waals surface area (Å²) >= 11 is 7.48. The smallest absolute Gasteiger partial charge is 0.295 e. The van der Waals surface area contributed by atoms with E-state index >= 15 is 0 Å². The molecule has 3 aromatic rings. The van der Waals surface area contributed by atoms with Gasteiger partial charge in [0, 0.05) is 35.3 Å². The van der Waals surface area contributed by atoms with E-state index in [1.807, 2.05) is 24.3 Å². The number of hydrogen-bond donors (Lipinski definition) is 1. The van der Waals surface area contributed by atoms with E-state index in [1.54, 1.807) is 31.8 Å². The lowest BCUT2D eigenvalue weighted by Gasteiger charge is -2.02. The maximum atomic E-state index is 12.4. The molecule has 1 N–H and O–H groups in total. The lowest BCUT2D eigenvalue weighted by atomic mass is 10.1. The number of thiazole rings is 1. The fourth-order valence-electron chi connectivity index (χ4n) is 2.65. The number of rotatable bonds is 5. The lowest BCUT2D eigenvalue weighted by Crippen LogP contribution is -2.23. The Labute approximate surface area is 159 Å². The van der Waals surface area contributed by atoms with E-state index in [0.717, 1.165) is 10.4 Å². The standard InChI is InChI=1S/C18H17ClN4O2S/c1-10-15(11(2)23(3)22-10)16(24)17(25)21-18-20-9-13(26-18)8-12-6-4-5-7-14(12)19/h4-7,9H,8H2,1-3H3,(H,20,21,25). The third kappa shape index (κ3) is 3.68. The number of nitrogens with zero attached hydrogens (tertiary/aromatic N) is 3. The van der Waals surface area contributed by atoms with E-state index < -0.39 is 11.7 Å². The normalized spacial score (nSPS) is 10.8. The van der Waals surface area contributed by atoms with Crippen molar-refractivity contribution in [3.63, 3.8) is 0 Å². The molecule has 0 atom stereocenters. The quantitative estimate of drug-likeness (QED) is 0.535. The van der Waals surface area contributed by atoms with Crippen molar-refractivity contribution >= 4 is 39.8 Å². The molecule has 1 aromatic carbocycles. The molecule has 0 saturated carbocycles. The molecule has 0 fully saturated rings. The van der Waals surface area contributed by atoms with Gasteiger partial charge in [-0.15, -0.1) is 11.3 Å². The van der Waals surface area contributed by atoms with Crippen molar-refractivity contribution in [2.24, 2.45) is 7.05 Å². The van der Waals surface area contributed by atoms with Crippen molar-refractivity contribution in [3.05, 3.63) is 62.9 Å². The topological polar surface area (TPSA) is 76.9 Å². The maximum Gasteiger partial charge on any atom is 0.298 e. The second-order valence-electron chi connectivity index (χ2n) is 5.85. The van der Waals surface area contributed by atoms with Gasteiger partial charge in [0.05, 0.1) is 11.3 Å². The minimum atomic E-state index is -0.720. The van der Waals surface area contributed by atoms with Crippen molar-refractivity contribution in [3.8, 4) is 0 Å². The molecule has 0 spiro atoms. The Morgan fingerprint density at radius 3 is 2.65 bits per heavy atom. The van der Waals surface area contributed by atoms with Gasteiger partial charge in [-0.25, -0.2) is 4.98 Å².